The molecule has 0 amide bonds. The van der Waals surface area contributed by atoms with Gasteiger partial charge in [0.05, 0.1) is 6.10 Å². The summed E-state index contributed by atoms with van der Waals surface area (Å²) in [6.45, 7) is 4.80. The lowest BCUT2D eigenvalue weighted by Crippen LogP contribution is -2.41. The Labute approximate surface area is 102 Å². The molecule has 1 saturated carbocycles. The average molecular weight is 236 g/mol. The number of nitrogens with zero attached hydrogens (tertiary/aromatic N) is 2. The lowest BCUT2D eigenvalue weighted by atomic mass is 9.89. The van der Waals surface area contributed by atoms with E-state index in [1.807, 2.05) is 27.0 Å². The minimum Gasteiger partial charge on any atom is -0.378 e. The Morgan fingerprint density at radius 2 is 2.18 bits per heavy atom. The van der Waals surface area contributed by atoms with Crippen molar-refractivity contribution in [1.82, 2.24) is 9.97 Å². The largest absolute Gasteiger partial charge is 0.378 e. The quantitative estimate of drug-likeness (QED) is 0.816. The van der Waals surface area contributed by atoms with E-state index < -0.39 is 0 Å². The zero-order chi connectivity index (χ0) is 12.3. The van der Waals surface area contributed by atoms with Crippen molar-refractivity contribution in [3.05, 3.63) is 11.8 Å². The molecule has 1 fully saturated rings. The summed E-state index contributed by atoms with van der Waals surface area (Å²) in [7, 11) is 1.83. The fourth-order valence-corrected chi connectivity index (χ4v) is 2.02. The van der Waals surface area contributed by atoms with Crippen LogP contribution in [-0.2, 0) is 4.74 Å². The molecular formula is C12H20N4O. The second-order valence-electron chi connectivity index (χ2n) is 4.36. The molecule has 0 aliphatic heterocycles. The van der Waals surface area contributed by atoms with Crippen molar-refractivity contribution in [2.75, 3.05) is 24.3 Å². The van der Waals surface area contributed by atoms with E-state index in [2.05, 4.69) is 20.6 Å². The maximum Gasteiger partial charge on any atom is 0.224 e. The van der Waals surface area contributed by atoms with Gasteiger partial charge in [0.1, 0.15) is 5.82 Å². The molecule has 1 heterocycles. The second kappa shape index (κ2) is 5.31. The standard InChI is InChI=1S/C12H20N4O/c1-4-17-10-6-9(7-10)15-11-5-8(2)14-12(13-3)16-11/h5,9-10H,4,6-7H2,1-3H3,(H2,13,14,15,16). The number of aromatic nitrogens is 2. The molecule has 0 radical (unpaired) electrons. The molecule has 2 rings (SSSR count). The van der Waals surface area contributed by atoms with Gasteiger partial charge in [0.2, 0.25) is 5.95 Å². The summed E-state index contributed by atoms with van der Waals surface area (Å²) in [4.78, 5) is 8.63. The van der Waals surface area contributed by atoms with Crippen molar-refractivity contribution < 1.29 is 4.74 Å². The molecule has 0 unspecified atom stereocenters. The van der Waals surface area contributed by atoms with Crippen molar-refractivity contribution in [3.8, 4) is 0 Å². The zero-order valence-corrected chi connectivity index (χ0v) is 10.7. The number of rotatable bonds is 5. The molecule has 1 aromatic heterocycles. The summed E-state index contributed by atoms with van der Waals surface area (Å²) in [5.74, 6) is 1.55. The highest BCUT2D eigenvalue weighted by Gasteiger charge is 2.29. The maximum atomic E-state index is 5.53. The van der Waals surface area contributed by atoms with Crippen molar-refractivity contribution >= 4 is 11.8 Å². The van der Waals surface area contributed by atoms with Crippen molar-refractivity contribution in [1.29, 1.82) is 0 Å². The third kappa shape index (κ3) is 3.06. The van der Waals surface area contributed by atoms with Gasteiger partial charge < -0.3 is 15.4 Å². The SMILES string of the molecule is CCOC1CC(Nc2cc(C)nc(NC)n2)C1. The van der Waals surface area contributed by atoms with Crippen LogP contribution in [0.1, 0.15) is 25.5 Å². The lowest BCUT2D eigenvalue weighted by Gasteiger charge is -2.35. The number of hydrogen-bond donors (Lipinski definition) is 2. The first kappa shape index (κ1) is 12.1. The van der Waals surface area contributed by atoms with Crippen LogP contribution in [0, 0.1) is 6.92 Å². The molecule has 17 heavy (non-hydrogen) atoms. The van der Waals surface area contributed by atoms with Crippen molar-refractivity contribution in [3.63, 3.8) is 0 Å². The van der Waals surface area contributed by atoms with E-state index >= 15 is 0 Å². The van der Waals surface area contributed by atoms with Crippen LogP contribution >= 0.6 is 0 Å². The minimum atomic E-state index is 0.421. The Balaban J connectivity index is 1.89. The average Bonchev–Trinajstić information content (AvgIpc) is 2.25. The van der Waals surface area contributed by atoms with Crippen molar-refractivity contribution in [2.45, 2.75) is 38.8 Å². The Bertz CT molecular complexity index is 377. The van der Waals surface area contributed by atoms with Gasteiger partial charge in [-0.05, 0) is 26.7 Å². The smallest absolute Gasteiger partial charge is 0.224 e. The van der Waals surface area contributed by atoms with E-state index in [-0.39, 0.29) is 0 Å². The highest BCUT2D eigenvalue weighted by Crippen LogP contribution is 2.26. The van der Waals surface area contributed by atoms with Gasteiger partial charge in [0, 0.05) is 31.5 Å². The Hall–Kier alpha value is -1.36. The molecule has 5 heteroatoms. The minimum absolute atomic E-state index is 0.421. The van der Waals surface area contributed by atoms with E-state index in [0.29, 0.717) is 18.1 Å². The van der Waals surface area contributed by atoms with E-state index in [4.69, 9.17) is 4.74 Å². The third-order valence-electron chi connectivity index (χ3n) is 2.93. The first-order valence-electron chi connectivity index (χ1n) is 6.12. The van der Waals surface area contributed by atoms with Crippen LogP contribution in [0.5, 0.6) is 0 Å². The number of nitrogens with one attached hydrogen (secondary N) is 2. The fourth-order valence-electron chi connectivity index (χ4n) is 2.02. The third-order valence-corrected chi connectivity index (χ3v) is 2.93. The van der Waals surface area contributed by atoms with Gasteiger partial charge in [-0.2, -0.15) is 4.98 Å². The highest BCUT2D eigenvalue weighted by atomic mass is 16.5. The molecular weight excluding hydrogens is 216 g/mol. The Kier molecular flexibility index (Phi) is 3.78. The molecule has 1 aliphatic carbocycles. The molecule has 0 atom stereocenters. The maximum absolute atomic E-state index is 5.53. The van der Waals surface area contributed by atoms with Gasteiger partial charge in [-0.3, -0.25) is 0 Å². The van der Waals surface area contributed by atoms with Crippen molar-refractivity contribution in [2.24, 2.45) is 0 Å². The molecule has 5 nitrogen and oxygen atoms in total. The molecule has 1 aromatic rings. The fraction of sp³-hybridized carbons (Fsp3) is 0.667. The van der Waals surface area contributed by atoms with Crippen LogP contribution < -0.4 is 10.6 Å². The molecule has 1 aliphatic rings. The van der Waals surface area contributed by atoms with Gasteiger partial charge in [0.15, 0.2) is 0 Å². The second-order valence-corrected chi connectivity index (χ2v) is 4.36. The zero-order valence-electron chi connectivity index (χ0n) is 10.7. The summed E-state index contributed by atoms with van der Waals surface area (Å²) in [6.07, 6.45) is 2.54. The summed E-state index contributed by atoms with van der Waals surface area (Å²) in [5, 5.41) is 6.37. The summed E-state index contributed by atoms with van der Waals surface area (Å²) >= 11 is 0. The monoisotopic (exact) mass is 236 g/mol. The molecule has 0 saturated heterocycles. The van der Waals surface area contributed by atoms with E-state index in [9.17, 15) is 0 Å². The van der Waals surface area contributed by atoms with E-state index in [0.717, 1.165) is 31.0 Å². The number of hydrogen-bond acceptors (Lipinski definition) is 5. The predicted molar refractivity (Wildman–Crippen MR) is 68.4 cm³/mol. The van der Waals surface area contributed by atoms with Crippen LogP contribution in [0.25, 0.3) is 0 Å². The van der Waals surface area contributed by atoms with Gasteiger partial charge >= 0.3 is 0 Å². The normalized spacial score (nSPS) is 23.0. The lowest BCUT2D eigenvalue weighted by molar-refractivity contribution is 0.00293. The van der Waals surface area contributed by atoms with E-state index in [1.54, 1.807) is 0 Å². The van der Waals surface area contributed by atoms with Gasteiger partial charge in [-0.1, -0.05) is 0 Å². The van der Waals surface area contributed by atoms with Gasteiger partial charge in [-0.15, -0.1) is 0 Å². The number of aryl methyl sites for hydroxylation is 1. The Morgan fingerprint density at radius 3 is 2.82 bits per heavy atom. The first-order valence-corrected chi connectivity index (χ1v) is 6.12. The van der Waals surface area contributed by atoms with Crippen LogP contribution in [-0.4, -0.2) is 35.8 Å². The van der Waals surface area contributed by atoms with Crippen LogP contribution in [0.3, 0.4) is 0 Å². The number of anilines is 2. The molecule has 0 aromatic carbocycles. The van der Waals surface area contributed by atoms with Crippen LogP contribution in [0.4, 0.5) is 11.8 Å². The number of ether oxygens (including phenoxy) is 1. The first-order chi connectivity index (χ1) is 8.21. The molecule has 0 bridgehead atoms. The topological polar surface area (TPSA) is 59.1 Å². The Morgan fingerprint density at radius 1 is 1.41 bits per heavy atom. The summed E-state index contributed by atoms with van der Waals surface area (Å²) in [6, 6.07) is 2.44. The van der Waals surface area contributed by atoms with E-state index in [1.165, 1.54) is 0 Å². The van der Waals surface area contributed by atoms with Gasteiger partial charge in [-0.25, -0.2) is 4.98 Å². The van der Waals surface area contributed by atoms with Gasteiger partial charge in [0.25, 0.3) is 0 Å². The highest BCUT2D eigenvalue weighted by molar-refractivity contribution is 5.43. The van der Waals surface area contributed by atoms with Crippen LogP contribution in [0.15, 0.2) is 6.07 Å². The van der Waals surface area contributed by atoms with Crippen LogP contribution in [0.2, 0.25) is 0 Å². The summed E-state index contributed by atoms with van der Waals surface area (Å²) in [5.41, 5.74) is 0.965. The molecule has 0 spiro atoms. The predicted octanol–water partition coefficient (Wildman–Crippen LogP) is 1.81. The summed E-state index contributed by atoms with van der Waals surface area (Å²) < 4.78 is 5.53. The molecule has 2 N–H and O–H groups in total. The molecule has 94 valence electrons.